The number of rotatable bonds is 1. The largest absolute Gasteiger partial charge is 0.393 e. The van der Waals surface area contributed by atoms with Crippen LogP contribution in [0, 0.1) is 18.3 Å². The Morgan fingerprint density at radius 2 is 1.95 bits per heavy atom. The van der Waals surface area contributed by atoms with Gasteiger partial charge in [0.05, 0.1) is 6.10 Å². The summed E-state index contributed by atoms with van der Waals surface area (Å²) in [5.41, 5.74) is 4.48. The Hall–Kier alpha value is -1.15. The van der Waals surface area contributed by atoms with Crippen molar-refractivity contribution in [1.82, 2.24) is 0 Å². The molecule has 1 N–H and O–H groups in total. The second-order valence-corrected chi connectivity index (χ2v) is 8.11. The fourth-order valence-corrected chi connectivity index (χ4v) is 5.14. The van der Waals surface area contributed by atoms with Gasteiger partial charge in [0.15, 0.2) is 5.78 Å². The fraction of sp³-hybridized carbons (Fsp3) is 0.650. The van der Waals surface area contributed by atoms with Crippen LogP contribution in [0.25, 0.3) is 0 Å². The quantitative estimate of drug-likeness (QED) is 0.844. The molecule has 0 radical (unpaired) electrons. The zero-order valence-electron chi connectivity index (χ0n) is 14.5. The summed E-state index contributed by atoms with van der Waals surface area (Å²) >= 11 is 0. The Morgan fingerprint density at radius 3 is 2.59 bits per heavy atom. The van der Waals surface area contributed by atoms with E-state index in [2.05, 4.69) is 46.8 Å². The van der Waals surface area contributed by atoms with Crippen LogP contribution in [0.15, 0.2) is 12.1 Å². The van der Waals surface area contributed by atoms with Gasteiger partial charge in [-0.25, -0.2) is 0 Å². The lowest BCUT2D eigenvalue weighted by Gasteiger charge is -2.56. The number of hydrogen-bond donors (Lipinski definition) is 1. The van der Waals surface area contributed by atoms with E-state index in [-0.39, 0.29) is 28.6 Å². The third-order valence-corrected chi connectivity index (χ3v) is 6.65. The molecule has 0 aliphatic heterocycles. The number of carbonyl (C=O) groups excluding carboxylic acids is 1. The lowest BCUT2D eigenvalue weighted by atomic mass is 9.49. The van der Waals surface area contributed by atoms with Crippen molar-refractivity contribution in [2.45, 2.75) is 71.8 Å². The van der Waals surface area contributed by atoms with E-state index >= 15 is 0 Å². The molecular formula is C20H28O2. The molecule has 0 heterocycles. The summed E-state index contributed by atoms with van der Waals surface area (Å²) in [5, 5.41) is 10.5. The van der Waals surface area contributed by atoms with Crippen molar-refractivity contribution in [3.8, 4) is 0 Å². The molecule has 0 amide bonds. The molecule has 3 rings (SSSR count). The monoisotopic (exact) mass is 300 g/mol. The normalized spacial score (nSPS) is 33.3. The highest BCUT2D eigenvalue weighted by Gasteiger charge is 2.55. The van der Waals surface area contributed by atoms with Crippen LogP contribution in [-0.4, -0.2) is 17.0 Å². The number of ketones is 1. The standard InChI is InChI=1S/C20H28O2/c1-6-13-12(2)7-8-14-18(13)15(21)11-16-19(3,4)17(22)9-10-20(14,16)5/h7-8,16-17,22H,6,9-11H2,1-5H3/t16-,17-,20+/m0/s1. The van der Waals surface area contributed by atoms with Crippen molar-refractivity contribution in [3.05, 3.63) is 34.4 Å². The maximum absolute atomic E-state index is 12.9. The van der Waals surface area contributed by atoms with E-state index in [1.54, 1.807) is 0 Å². The van der Waals surface area contributed by atoms with E-state index in [9.17, 15) is 9.90 Å². The average Bonchev–Trinajstić information content (AvgIpc) is 2.46. The van der Waals surface area contributed by atoms with Crippen LogP contribution in [0.1, 0.15) is 74.0 Å². The van der Waals surface area contributed by atoms with E-state index < -0.39 is 0 Å². The number of carbonyl (C=O) groups is 1. The van der Waals surface area contributed by atoms with Gasteiger partial charge in [-0.2, -0.15) is 0 Å². The summed E-state index contributed by atoms with van der Waals surface area (Å²) in [6.07, 6.45) is 2.96. The smallest absolute Gasteiger partial charge is 0.163 e. The summed E-state index contributed by atoms with van der Waals surface area (Å²) in [6, 6.07) is 4.36. The summed E-state index contributed by atoms with van der Waals surface area (Å²) in [4.78, 5) is 12.9. The van der Waals surface area contributed by atoms with Gasteiger partial charge in [-0.3, -0.25) is 4.79 Å². The van der Waals surface area contributed by atoms with Gasteiger partial charge < -0.3 is 5.11 Å². The average molecular weight is 300 g/mol. The fourth-order valence-electron chi connectivity index (χ4n) is 5.14. The summed E-state index contributed by atoms with van der Waals surface area (Å²) in [7, 11) is 0. The Morgan fingerprint density at radius 1 is 1.27 bits per heavy atom. The highest BCUT2D eigenvalue weighted by molar-refractivity contribution is 6.01. The SMILES string of the molecule is CCc1c(C)ccc2c1C(=O)C[C@H]1C(C)(C)[C@@H](O)CC[C@]21C. The molecular weight excluding hydrogens is 272 g/mol. The molecule has 1 saturated carbocycles. The highest BCUT2D eigenvalue weighted by Crippen LogP contribution is 2.57. The summed E-state index contributed by atoms with van der Waals surface area (Å²) < 4.78 is 0. The van der Waals surface area contributed by atoms with Gasteiger partial charge in [-0.05, 0) is 59.6 Å². The molecule has 2 aliphatic rings. The van der Waals surface area contributed by atoms with E-state index in [0.29, 0.717) is 6.42 Å². The second-order valence-electron chi connectivity index (χ2n) is 8.11. The van der Waals surface area contributed by atoms with E-state index in [4.69, 9.17) is 0 Å². The van der Waals surface area contributed by atoms with Crippen molar-refractivity contribution in [1.29, 1.82) is 0 Å². The Bertz CT molecular complexity index is 629. The molecule has 0 spiro atoms. The van der Waals surface area contributed by atoms with Crippen LogP contribution in [-0.2, 0) is 11.8 Å². The number of aliphatic hydroxyl groups is 1. The van der Waals surface area contributed by atoms with Crippen molar-refractivity contribution in [3.63, 3.8) is 0 Å². The molecule has 0 bridgehead atoms. The minimum absolute atomic E-state index is 0.00356. The topological polar surface area (TPSA) is 37.3 Å². The van der Waals surface area contributed by atoms with Gasteiger partial charge in [0.1, 0.15) is 0 Å². The van der Waals surface area contributed by atoms with Crippen molar-refractivity contribution in [2.24, 2.45) is 11.3 Å². The first-order valence-electron chi connectivity index (χ1n) is 8.57. The molecule has 2 nitrogen and oxygen atoms in total. The van der Waals surface area contributed by atoms with Crippen molar-refractivity contribution in [2.75, 3.05) is 0 Å². The van der Waals surface area contributed by atoms with Gasteiger partial charge in [-0.1, -0.05) is 39.8 Å². The zero-order chi connectivity index (χ0) is 16.3. The maximum Gasteiger partial charge on any atom is 0.163 e. The lowest BCUT2D eigenvalue weighted by Crippen LogP contribution is -2.55. The molecule has 2 heteroatoms. The zero-order valence-corrected chi connectivity index (χ0v) is 14.5. The van der Waals surface area contributed by atoms with E-state index in [0.717, 1.165) is 24.8 Å². The van der Waals surface area contributed by atoms with Crippen molar-refractivity contribution >= 4 is 5.78 Å². The third kappa shape index (κ3) is 1.93. The van der Waals surface area contributed by atoms with Crippen LogP contribution in [0.2, 0.25) is 0 Å². The molecule has 3 atom stereocenters. The Balaban J connectivity index is 2.23. The van der Waals surface area contributed by atoms with Gasteiger partial charge in [-0.15, -0.1) is 0 Å². The molecule has 0 aromatic heterocycles. The number of aryl methyl sites for hydroxylation is 1. The second kappa shape index (κ2) is 4.92. The Labute approximate surface area is 133 Å². The maximum atomic E-state index is 12.9. The molecule has 1 fully saturated rings. The third-order valence-electron chi connectivity index (χ3n) is 6.65. The number of Topliss-reactive ketones (excluding diaryl/α,β-unsaturated/α-hetero) is 1. The first-order valence-corrected chi connectivity index (χ1v) is 8.57. The number of benzene rings is 1. The van der Waals surface area contributed by atoms with Crippen LogP contribution >= 0.6 is 0 Å². The minimum atomic E-state index is -0.309. The van der Waals surface area contributed by atoms with Gasteiger partial charge in [0, 0.05) is 12.0 Å². The number of aliphatic hydroxyl groups excluding tert-OH is 1. The highest BCUT2D eigenvalue weighted by atomic mass is 16.3. The predicted molar refractivity (Wildman–Crippen MR) is 89.4 cm³/mol. The van der Waals surface area contributed by atoms with Gasteiger partial charge in [0.2, 0.25) is 0 Å². The van der Waals surface area contributed by atoms with Gasteiger partial charge in [0.25, 0.3) is 0 Å². The van der Waals surface area contributed by atoms with E-state index in [1.807, 2.05) is 0 Å². The van der Waals surface area contributed by atoms with Crippen LogP contribution < -0.4 is 0 Å². The number of hydrogen-bond acceptors (Lipinski definition) is 2. The van der Waals surface area contributed by atoms with Crippen LogP contribution in [0.3, 0.4) is 0 Å². The lowest BCUT2D eigenvalue weighted by molar-refractivity contribution is -0.0687. The molecule has 22 heavy (non-hydrogen) atoms. The number of fused-ring (bicyclic) bond motifs is 3. The van der Waals surface area contributed by atoms with Crippen molar-refractivity contribution < 1.29 is 9.90 Å². The molecule has 1 aromatic carbocycles. The minimum Gasteiger partial charge on any atom is -0.393 e. The van der Waals surface area contributed by atoms with Gasteiger partial charge >= 0.3 is 0 Å². The van der Waals surface area contributed by atoms with Crippen LogP contribution in [0.5, 0.6) is 0 Å². The summed E-state index contributed by atoms with van der Waals surface area (Å²) in [6.45, 7) is 10.8. The summed E-state index contributed by atoms with van der Waals surface area (Å²) in [5.74, 6) is 0.497. The predicted octanol–water partition coefficient (Wildman–Crippen LogP) is 4.20. The first kappa shape index (κ1) is 15.7. The molecule has 120 valence electrons. The first-order chi connectivity index (χ1) is 10.2. The molecule has 0 unspecified atom stereocenters. The molecule has 2 aliphatic carbocycles. The molecule has 0 saturated heterocycles. The Kier molecular flexibility index (Phi) is 3.52. The van der Waals surface area contributed by atoms with E-state index in [1.165, 1.54) is 16.7 Å². The van der Waals surface area contributed by atoms with Crippen LogP contribution in [0.4, 0.5) is 0 Å². The molecule has 1 aromatic rings.